The molecule has 11 heavy (non-hydrogen) atoms. The van der Waals surface area contributed by atoms with Crippen molar-refractivity contribution < 1.29 is 14.3 Å². The van der Waals surface area contributed by atoms with E-state index in [-0.39, 0.29) is 5.78 Å². The van der Waals surface area contributed by atoms with Crippen molar-refractivity contribution in [1.82, 2.24) is 0 Å². The van der Waals surface area contributed by atoms with Gasteiger partial charge in [0, 0.05) is 6.08 Å². The summed E-state index contributed by atoms with van der Waals surface area (Å²) in [5.41, 5.74) is 0. The molecule has 0 rings (SSSR count). The molecule has 0 unspecified atom stereocenters. The predicted octanol–water partition coefficient (Wildman–Crippen LogP) is 0.861. The summed E-state index contributed by atoms with van der Waals surface area (Å²) < 4.78 is 4.28. The molecule has 0 aromatic rings. The molecule has 3 nitrogen and oxygen atoms in total. The molecule has 0 aliphatic rings. The van der Waals surface area contributed by atoms with Crippen LogP contribution in [0.5, 0.6) is 0 Å². The molecule has 0 aliphatic heterocycles. The summed E-state index contributed by atoms with van der Waals surface area (Å²) in [6.07, 6.45) is 5.21. The lowest BCUT2D eigenvalue weighted by molar-refractivity contribution is -0.135. The Morgan fingerprint density at radius 2 is 1.82 bits per heavy atom. The normalized spacial score (nSPS) is 10.7. The van der Waals surface area contributed by atoms with Crippen LogP contribution >= 0.6 is 0 Å². The highest BCUT2D eigenvalue weighted by atomic mass is 16.5. The first-order chi connectivity index (χ1) is 5.20. The Labute approximate surface area is 65.4 Å². The first kappa shape index (κ1) is 9.62. The maximum absolute atomic E-state index is 10.7. The van der Waals surface area contributed by atoms with Crippen LogP contribution in [0.3, 0.4) is 0 Å². The average molecular weight is 154 g/mol. The smallest absolute Gasteiger partial charge is 0.330 e. The lowest BCUT2D eigenvalue weighted by atomic mass is 10.3. The average Bonchev–Trinajstić information content (AvgIpc) is 2.01. The summed E-state index contributed by atoms with van der Waals surface area (Å²) in [4.78, 5) is 21.1. The molecule has 0 fully saturated rings. The molecule has 0 radical (unpaired) electrons. The molecule has 0 atom stereocenters. The molecule has 0 N–H and O–H groups in total. The number of hydrogen-bond acceptors (Lipinski definition) is 3. The van der Waals surface area contributed by atoms with Crippen LogP contribution < -0.4 is 0 Å². The SMILES string of the molecule is C/C=C/C(=O)/C=C/C(=O)OC. The number of rotatable bonds is 3. The third-order valence-corrected chi connectivity index (χ3v) is 0.916. The van der Waals surface area contributed by atoms with Crippen LogP contribution in [0.15, 0.2) is 24.3 Å². The van der Waals surface area contributed by atoms with Gasteiger partial charge in [-0.15, -0.1) is 0 Å². The van der Waals surface area contributed by atoms with Crippen LogP contribution in [0.4, 0.5) is 0 Å². The van der Waals surface area contributed by atoms with E-state index in [0.29, 0.717) is 0 Å². The Balaban J connectivity index is 3.93. The van der Waals surface area contributed by atoms with E-state index in [9.17, 15) is 9.59 Å². The van der Waals surface area contributed by atoms with Crippen LogP contribution in [0.2, 0.25) is 0 Å². The van der Waals surface area contributed by atoms with Gasteiger partial charge in [-0.25, -0.2) is 4.79 Å². The summed E-state index contributed by atoms with van der Waals surface area (Å²) in [6.45, 7) is 1.73. The molecule has 0 amide bonds. The number of hydrogen-bond donors (Lipinski definition) is 0. The largest absolute Gasteiger partial charge is 0.466 e. The van der Waals surface area contributed by atoms with Crippen molar-refractivity contribution in [3.05, 3.63) is 24.3 Å². The fourth-order valence-corrected chi connectivity index (χ4v) is 0.438. The molecular formula is C8H10O3. The van der Waals surface area contributed by atoms with Crippen molar-refractivity contribution in [3.8, 4) is 0 Å². The Morgan fingerprint density at radius 3 is 2.27 bits per heavy atom. The van der Waals surface area contributed by atoms with E-state index in [2.05, 4.69) is 4.74 Å². The highest BCUT2D eigenvalue weighted by Crippen LogP contribution is 1.82. The van der Waals surface area contributed by atoms with E-state index in [4.69, 9.17) is 0 Å². The zero-order valence-corrected chi connectivity index (χ0v) is 6.53. The number of ketones is 1. The maximum atomic E-state index is 10.7. The fraction of sp³-hybridized carbons (Fsp3) is 0.250. The van der Waals surface area contributed by atoms with E-state index in [1.807, 2.05) is 0 Å². The third-order valence-electron chi connectivity index (χ3n) is 0.916. The molecule has 0 saturated heterocycles. The van der Waals surface area contributed by atoms with Crippen molar-refractivity contribution in [2.75, 3.05) is 7.11 Å². The number of methoxy groups -OCH3 is 1. The second-order valence-electron chi connectivity index (χ2n) is 1.76. The van der Waals surface area contributed by atoms with Gasteiger partial charge in [-0.05, 0) is 19.1 Å². The third kappa shape index (κ3) is 5.08. The predicted molar refractivity (Wildman–Crippen MR) is 41.0 cm³/mol. The van der Waals surface area contributed by atoms with Crippen LogP contribution in [-0.2, 0) is 14.3 Å². The lowest BCUT2D eigenvalue weighted by Gasteiger charge is -1.86. The minimum Gasteiger partial charge on any atom is -0.466 e. The molecule has 60 valence electrons. The van der Waals surface area contributed by atoms with Crippen molar-refractivity contribution in [2.24, 2.45) is 0 Å². The van der Waals surface area contributed by atoms with Gasteiger partial charge in [-0.1, -0.05) is 6.08 Å². The summed E-state index contributed by atoms with van der Waals surface area (Å²) in [5, 5.41) is 0. The van der Waals surface area contributed by atoms with E-state index < -0.39 is 5.97 Å². The Kier molecular flexibility index (Phi) is 4.73. The molecule has 0 aliphatic carbocycles. The van der Waals surface area contributed by atoms with Gasteiger partial charge >= 0.3 is 5.97 Å². The fourth-order valence-electron chi connectivity index (χ4n) is 0.438. The molecule has 0 spiro atoms. The highest BCUT2D eigenvalue weighted by molar-refractivity contribution is 6.02. The summed E-state index contributed by atoms with van der Waals surface area (Å²) in [7, 11) is 1.26. The number of esters is 1. The summed E-state index contributed by atoms with van der Waals surface area (Å²) in [5.74, 6) is -0.749. The molecule has 3 heteroatoms. The van der Waals surface area contributed by atoms with E-state index in [0.717, 1.165) is 12.2 Å². The molecule has 0 bridgehead atoms. The van der Waals surface area contributed by atoms with Gasteiger partial charge in [0.2, 0.25) is 0 Å². The van der Waals surface area contributed by atoms with Crippen molar-refractivity contribution >= 4 is 11.8 Å². The van der Waals surface area contributed by atoms with Crippen LogP contribution in [-0.4, -0.2) is 18.9 Å². The van der Waals surface area contributed by atoms with Gasteiger partial charge in [0.15, 0.2) is 5.78 Å². The maximum Gasteiger partial charge on any atom is 0.330 e. The number of allylic oxidation sites excluding steroid dienone is 3. The van der Waals surface area contributed by atoms with Crippen LogP contribution in [0.25, 0.3) is 0 Å². The Bertz CT molecular complexity index is 201. The second kappa shape index (κ2) is 5.41. The zero-order chi connectivity index (χ0) is 8.69. The van der Waals surface area contributed by atoms with E-state index >= 15 is 0 Å². The quantitative estimate of drug-likeness (QED) is 0.447. The topological polar surface area (TPSA) is 43.4 Å². The van der Waals surface area contributed by atoms with Gasteiger partial charge in [0.25, 0.3) is 0 Å². The summed E-state index contributed by atoms with van der Waals surface area (Å²) >= 11 is 0. The van der Waals surface area contributed by atoms with Gasteiger partial charge < -0.3 is 4.74 Å². The molecule has 0 saturated carbocycles. The van der Waals surface area contributed by atoms with Crippen molar-refractivity contribution in [1.29, 1.82) is 0 Å². The first-order valence-electron chi connectivity index (χ1n) is 3.13. The molecule has 0 aromatic heterocycles. The van der Waals surface area contributed by atoms with Crippen molar-refractivity contribution in [2.45, 2.75) is 6.92 Å². The van der Waals surface area contributed by atoms with Gasteiger partial charge in [-0.2, -0.15) is 0 Å². The molecule has 0 aromatic carbocycles. The zero-order valence-electron chi connectivity index (χ0n) is 6.53. The van der Waals surface area contributed by atoms with E-state index in [1.54, 1.807) is 13.0 Å². The number of ether oxygens (including phenoxy) is 1. The minimum absolute atomic E-state index is 0.224. The summed E-state index contributed by atoms with van der Waals surface area (Å²) in [6, 6.07) is 0. The Morgan fingerprint density at radius 1 is 1.18 bits per heavy atom. The van der Waals surface area contributed by atoms with Gasteiger partial charge in [0.1, 0.15) is 0 Å². The highest BCUT2D eigenvalue weighted by Gasteiger charge is 1.92. The molecule has 0 heterocycles. The number of carbonyl (C=O) groups excluding carboxylic acids is 2. The van der Waals surface area contributed by atoms with Gasteiger partial charge in [0.05, 0.1) is 7.11 Å². The van der Waals surface area contributed by atoms with E-state index in [1.165, 1.54) is 13.2 Å². The minimum atomic E-state index is -0.525. The molecular weight excluding hydrogens is 144 g/mol. The lowest BCUT2D eigenvalue weighted by Crippen LogP contribution is -1.95. The standard InChI is InChI=1S/C8H10O3/c1-3-4-7(9)5-6-8(10)11-2/h3-6H,1-2H3/b4-3+,6-5+. The first-order valence-corrected chi connectivity index (χ1v) is 3.13. The number of carbonyl (C=O) groups is 2. The van der Waals surface area contributed by atoms with Crippen molar-refractivity contribution in [3.63, 3.8) is 0 Å². The van der Waals surface area contributed by atoms with Gasteiger partial charge in [-0.3, -0.25) is 4.79 Å². The Hall–Kier alpha value is -1.38. The monoisotopic (exact) mass is 154 g/mol. The van der Waals surface area contributed by atoms with Crippen LogP contribution in [0, 0.1) is 0 Å². The van der Waals surface area contributed by atoms with Crippen LogP contribution in [0.1, 0.15) is 6.92 Å². The second-order valence-corrected chi connectivity index (χ2v) is 1.76.